The summed E-state index contributed by atoms with van der Waals surface area (Å²) in [5.74, 6) is 0. The normalized spacial score (nSPS) is 23.9. The van der Waals surface area contributed by atoms with Gasteiger partial charge in [0.15, 0.2) is 0 Å². The molecule has 3 atom stereocenters. The molecule has 20 heavy (non-hydrogen) atoms. The lowest BCUT2D eigenvalue weighted by atomic mass is 9.93. The number of carbonyl (C=O) groups excluding carboxylic acids is 1. The number of carbonyl (C=O) groups is 1. The Bertz CT molecular complexity index is 445. The summed E-state index contributed by atoms with van der Waals surface area (Å²) in [7, 11) is 0. The zero-order valence-electron chi connectivity index (χ0n) is 11.7. The Morgan fingerprint density at radius 3 is 2.50 bits per heavy atom. The molecule has 0 saturated heterocycles. The molecule has 1 fully saturated rings. The average molecular weight is 278 g/mol. The predicted octanol–water partition coefficient (Wildman–Crippen LogP) is 2.16. The van der Waals surface area contributed by atoms with Crippen molar-refractivity contribution >= 4 is 11.7 Å². The number of hydrogen-bond acceptors (Lipinski definition) is 3. The number of amides is 2. The van der Waals surface area contributed by atoms with Crippen LogP contribution in [0, 0.1) is 0 Å². The van der Waals surface area contributed by atoms with Gasteiger partial charge in [-0.3, -0.25) is 0 Å². The van der Waals surface area contributed by atoms with Crippen molar-refractivity contribution in [1.82, 2.24) is 5.32 Å². The molecule has 5 heteroatoms. The highest BCUT2D eigenvalue weighted by molar-refractivity contribution is 5.89. The summed E-state index contributed by atoms with van der Waals surface area (Å²) < 4.78 is 0. The molecule has 1 saturated carbocycles. The van der Waals surface area contributed by atoms with E-state index in [1.807, 2.05) is 0 Å². The third-order valence-corrected chi connectivity index (χ3v) is 3.70. The Hall–Kier alpha value is -1.59. The third kappa shape index (κ3) is 3.95. The molecular weight excluding hydrogens is 256 g/mol. The second-order valence-corrected chi connectivity index (χ2v) is 5.35. The van der Waals surface area contributed by atoms with Crippen LogP contribution >= 0.6 is 0 Å². The van der Waals surface area contributed by atoms with Crippen molar-refractivity contribution in [2.24, 2.45) is 0 Å². The molecule has 3 unspecified atom stereocenters. The molecular formula is C15H22N2O3. The van der Waals surface area contributed by atoms with Crippen molar-refractivity contribution in [2.75, 3.05) is 5.32 Å². The number of rotatable bonds is 3. The average Bonchev–Trinajstić information content (AvgIpc) is 2.42. The van der Waals surface area contributed by atoms with Crippen LogP contribution in [0.3, 0.4) is 0 Å². The number of urea groups is 1. The van der Waals surface area contributed by atoms with Crippen LogP contribution in [0.15, 0.2) is 24.3 Å². The first-order valence-corrected chi connectivity index (χ1v) is 7.10. The van der Waals surface area contributed by atoms with Crippen molar-refractivity contribution in [3.63, 3.8) is 0 Å². The summed E-state index contributed by atoms with van der Waals surface area (Å²) in [6.07, 6.45) is 2.64. The van der Waals surface area contributed by atoms with Gasteiger partial charge in [-0.05, 0) is 37.5 Å². The summed E-state index contributed by atoms with van der Waals surface area (Å²) in [5.41, 5.74) is 1.47. The number of nitrogens with one attached hydrogen (secondary N) is 2. The summed E-state index contributed by atoms with van der Waals surface area (Å²) in [6, 6.07) is 6.57. The molecule has 5 nitrogen and oxygen atoms in total. The van der Waals surface area contributed by atoms with Gasteiger partial charge < -0.3 is 20.8 Å². The topological polar surface area (TPSA) is 81.6 Å². The van der Waals surface area contributed by atoms with Crippen molar-refractivity contribution in [2.45, 2.75) is 50.9 Å². The van der Waals surface area contributed by atoms with E-state index in [4.69, 9.17) is 0 Å². The Morgan fingerprint density at radius 2 is 1.90 bits per heavy atom. The summed E-state index contributed by atoms with van der Waals surface area (Å²) in [5, 5.41) is 24.8. The summed E-state index contributed by atoms with van der Waals surface area (Å²) >= 11 is 0. The summed E-state index contributed by atoms with van der Waals surface area (Å²) in [4.78, 5) is 11.9. The molecule has 4 N–H and O–H groups in total. The van der Waals surface area contributed by atoms with Gasteiger partial charge in [-0.2, -0.15) is 0 Å². The van der Waals surface area contributed by atoms with Gasteiger partial charge in [0.1, 0.15) is 0 Å². The van der Waals surface area contributed by atoms with Gasteiger partial charge in [-0.15, -0.1) is 0 Å². The number of anilines is 1. The van der Waals surface area contributed by atoms with Gasteiger partial charge in [0.05, 0.1) is 18.2 Å². The van der Waals surface area contributed by atoms with Crippen LogP contribution in [0.5, 0.6) is 0 Å². The highest BCUT2D eigenvalue weighted by Gasteiger charge is 2.24. The van der Waals surface area contributed by atoms with E-state index >= 15 is 0 Å². The Kier molecular flexibility index (Phi) is 4.98. The smallest absolute Gasteiger partial charge is 0.319 e. The first-order valence-electron chi connectivity index (χ1n) is 7.10. The third-order valence-electron chi connectivity index (χ3n) is 3.70. The van der Waals surface area contributed by atoms with Crippen LogP contribution in [0.1, 0.15) is 44.3 Å². The molecule has 1 aliphatic rings. The van der Waals surface area contributed by atoms with Gasteiger partial charge in [0, 0.05) is 5.69 Å². The number of benzene rings is 1. The summed E-state index contributed by atoms with van der Waals surface area (Å²) in [6.45, 7) is 1.69. The maximum absolute atomic E-state index is 11.9. The van der Waals surface area contributed by atoms with E-state index in [0.717, 1.165) is 31.2 Å². The molecule has 110 valence electrons. The highest BCUT2D eigenvalue weighted by Crippen LogP contribution is 2.19. The molecule has 0 radical (unpaired) electrons. The molecule has 0 spiro atoms. The van der Waals surface area contributed by atoms with Gasteiger partial charge in [-0.1, -0.05) is 25.0 Å². The Balaban J connectivity index is 1.87. The fourth-order valence-corrected chi connectivity index (χ4v) is 2.46. The van der Waals surface area contributed by atoms with Crippen molar-refractivity contribution < 1.29 is 15.0 Å². The highest BCUT2D eigenvalue weighted by atomic mass is 16.3. The quantitative estimate of drug-likeness (QED) is 0.684. The van der Waals surface area contributed by atoms with E-state index in [0.29, 0.717) is 5.69 Å². The monoisotopic (exact) mass is 278 g/mol. The second kappa shape index (κ2) is 6.72. The van der Waals surface area contributed by atoms with Crippen LogP contribution in [-0.2, 0) is 0 Å². The van der Waals surface area contributed by atoms with E-state index in [1.165, 1.54) is 0 Å². The lowest BCUT2D eigenvalue weighted by Gasteiger charge is -2.28. The van der Waals surface area contributed by atoms with Crippen molar-refractivity contribution in [1.29, 1.82) is 0 Å². The van der Waals surface area contributed by atoms with E-state index < -0.39 is 12.2 Å². The minimum absolute atomic E-state index is 0.166. The lowest BCUT2D eigenvalue weighted by molar-refractivity contribution is 0.0955. The largest absolute Gasteiger partial charge is 0.391 e. The standard InChI is InChI=1S/C15H22N2O3/c1-10(18)11-6-8-12(9-7-11)16-15(20)17-13-4-2-3-5-14(13)19/h6-10,13-14,18-19H,2-5H2,1H3,(H2,16,17,20). The van der Waals surface area contributed by atoms with Crippen LogP contribution in [0.4, 0.5) is 10.5 Å². The molecule has 1 aromatic rings. The minimum atomic E-state index is -0.518. The Morgan fingerprint density at radius 1 is 1.25 bits per heavy atom. The zero-order chi connectivity index (χ0) is 14.5. The van der Waals surface area contributed by atoms with Gasteiger partial charge >= 0.3 is 6.03 Å². The molecule has 1 aromatic carbocycles. The van der Waals surface area contributed by atoms with E-state index in [2.05, 4.69) is 10.6 Å². The molecule has 2 amide bonds. The van der Waals surface area contributed by atoms with E-state index in [1.54, 1.807) is 31.2 Å². The molecule has 0 heterocycles. The predicted molar refractivity (Wildman–Crippen MR) is 77.5 cm³/mol. The number of hydrogen-bond donors (Lipinski definition) is 4. The second-order valence-electron chi connectivity index (χ2n) is 5.35. The fourth-order valence-electron chi connectivity index (χ4n) is 2.46. The van der Waals surface area contributed by atoms with Crippen LogP contribution in [0.2, 0.25) is 0 Å². The van der Waals surface area contributed by atoms with Crippen LogP contribution in [0.25, 0.3) is 0 Å². The van der Waals surface area contributed by atoms with Gasteiger partial charge in [0.25, 0.3) is 0 Å². The number of aliphatic hydroxyl groups is 2. The maximum Gasteiger partial charge on any atom is 0.319 e. The van der Waals surface area contributed by atoms with Crippen molar-refractivity contribution in [3.8, 4) is 0 Å². The van der Waals surface area contributed by atoms with E-state index in [-0.39, 0.29) is 12.1 Å². The first kappa shape index (κ1) is 14.8. The molecule has 0 aromatic heterocycles. The SMILES string of the molecule is CC(O)c1ccc(NC(=O)NC2CCCCC2O)cc1. The van der Waals surface area contributed by atoms with E-state index in [9.17, 15) is 15.0 Å². The van der Waals surface area contributed by atoms with Gasteiger partial charge in [-0.25, -0.2) is 4.79 Å². The molecule has 2 rings (SSSR count). The molecule has 0 bridgehead atoms. The van der Waals surface area contributed by atoms with Crippen molar-refractivity contribution in [3.05, 3.63) is 29.8 Å². The van der Waals surface area contributed by atoms with Crippen LogP contribution < -0.4 is 10.6 Å². The maximum atomic E-state index is 11.9. The molecule has 1 aliphatic carbocycles. The molecule has 0 aliphatic heterocycles. The van der Waals surface area contributed by atoms with Gasteiger partial charge in [0.2, 0.25) is 0 Å². The number of aliphatic hydroxyl groups excluding tert-OH is 2. The lowest BCUT2D eigenvalue weighted by Crippen LogP contribution is -2.46. The zero-order valence-corrected chi connectivity index (χ0v) is 11.7. The minimum Gasteiger partial charge on any atom is -0.391 e. The fraction of sp³-hybridized carbons (Fsp3) is 0.533. The first-order chi connectivity index (χ1) is 9.56. The van der Waals surface area contributed by atoms with Crippen LogP contribution in [-0.4, -0.2) is 28.4 Å². The Labute approximate surface area is 119 Å².